The van der Waals surface area contributed by atoms with Crippen molar-refractivity contribution in [3.63, 3.8) is 0 Å². The van der Waals surface area contributed by atoms with E-state index in [4.69, 9.17) is 22.4 Å². The van der Waals surface area contributed by atoms with Gasteiger partial charge in [-0.3, -0.25) is 0 Å². The molecule has 0 spiro atoms. The number of amides is 2. The molecule has 0 aromatic heterocycles. The topological polar surface area (TPSA) is 87.4 Å². The minimum Gasteiger partial charge on any atom is -0.392 e. The number of halogens is 1. The number of rotatable bonds is 4. The molecular weight excluding hydrogens is 242 g/mol. The number of carbonyl (C=O) groups excluding carboxylic acids is 1. The summed E-state index contributed by atoms with van der Waals surface area (Å²) in [5.74, 6) is 0. The molecule has 0 heterocycles. The monoisotopic (exact) mass is 257 g/mol. The summed E-state index contributed by atoms with van der Waals surface area (Å²) in [6.07, 6.45) is -0.665. The molecule has 0 aliphatic rings. The first kappa shape index (κ1) is 13.8. The Balaban J connectivity index is 2.40. The van der Waals surface area contributed by atoms with Crippen molar-refractivity contribution in [1.29, 1.82) is 0 Å². The largest absolute Gasteiger partial charge is 0.392 e. The van der Waals surface area contributed by atoms with E-state index in [0.717, 1.165) is 0 Å². The number of hydrogen-bond acceptors (Lipinski definition) is 3. The van der Waals surface area contributed by atoms with Crippen molar-refractivity contribution in [2.75, 3.05) is 11.9 Å². The van der Waals surface area contributed by atoms with Gasteiger partial charge in [-0.25, -0.2) is 4.79 Å². The minimum atomic E-state index is -0.665. The van der Waals surface area contributed by atoms with Crippen LogP contribution in [0.2, 0.25) is 5.02 Å². The number of nitrogens with two attached hydrogens (primary N) is 1. The lowest BCUT2D eigenvalue weighted by molar-refractivity contribution is 0.162. The summed E-state index contributed by atoms with van der Waals surface area (Å²) in [4.78, 5) is 11.4. The van der Waals surface area contributed by atoms with E-state index in [1.807, 2.05) is 0 Å². The van der Waals surface area contributed by atoms with Gasteiger partial charge in [-0.15, -0.1) is 0 Å². The number of aliphatic hydroxyl groups excluding tert-OH is 1. The second kappa shape index (κ2) is 6.44. The van der Waals surface area contributed by atoms with Crippen LogP contribution < -0.4 is 16.4 Å². The van der Waals surface area contributed by atoms with Crippen molar-refractivity contribution < 1.29 is 9.90 Å². The number of carbonyl (C=O) groups is 1. The van der Waals surface area contributed by atoms with Crippen molar-refractivity contribution in [3.05, 3.63) is 29.3 Å². The number of benzene rings is 1. The van der Waals surface area contributed by atoms with Gasteiger partial charge in [-0.2, -0.15) is 0 Å². The molecule has 0 aliphatic heterocycles. The fourth-order valence-corrected chi connectivity index (χ4v) is 1.31. The molecule has 2 unspecified atom stereocenters. The summed E-state index contributed by atoms with van der Waals surface area (Å²) in [7, 11) is 0. The van der Waals surface area contributed by atoms with Gasteiger partial charge >= 0.3 is 6.03 Å². The summed E-state index contributed by atoms with van der Waals surface area (Å²) in [5, 5.41) is 14.8. The Morgan fingerprint density at radius 3 is 2.88 bits per heavy atom. The lowest BCUT2D eigenvalue weighted by Crippen LogP contribution is -2.44. The maximum absolute atomic E-state index is 11.4. The van der Waals surface area contributed by atoms with Crippen molar-refractivity contribution in [2.45, 2.75) is 19.1 Å². The molecule has 0 saturated heterocycles. The zero-order valence-corrected chi connectivity index (χ0v) is 10.2. The van der Waals surface area contributed by atoms with Crippen LogP contribution in [0.15, 0.2) is 24.3 Å². The van der Waals surface area contributed by atoms with Crippen molar-refractivity contribution in [3.8, 4) is 0 Å². The molecule has 5 N–H and O–H groups in total. The van der Waals surface area contributed by atoms with E-state index in [1.165, 1.54) is 0 Å². The predicted octanol–water partition coefficient (Wildman–Crippen LogP) is 1.17. The fraction of sp³-hybridized carbons (Fsp3) is 0.364. The third-order valence-corrected chi connectivity index (χ3v) is 2.44. The SMILES string of the molecule is CC(O)C(N)CNC(=O)Nc1cccc(Cl)c1. The van der Waals surface area contributed by atoms with E-state index in [1.54, 1.807) is 31.2 Å². The molecule has 0 bridgehead atoms. The number of aliphatic hydroxyl groups is 1. The Labute approximate surface area is 105 Å². The first-order valence-electron chi connectivity index (χ1n) is 5.23. The number of hydrogen-bond donors (Lipinski definition) is 4. The summed E-state index contributed by atoms with van der Waals surface area (Å²) in [5.41, 5.74) is 6.17. The van der Waals surface area contributed by atoms with Crippen LogP contribution in [0, 0.1) is 0 Å². The molecular formula is C11H16ClN3O2. The highest BCUT2D eigenvalue weighted by molar-refractivity contribution is 6.30. The van der Waals surface area contributed by atoms with Gasteiger partial charge in [0.1, 0.15) is 0 Å². The molecule has 0 fully saturated rings. The molecule has 0 radical (unpaired) electrons. The van der Waals surface area contributed by atoms with Crippen molar-refractivity contribution in [2.24, 2.45) is 5.73 Å². The second-order valence-electron chi connectivity index (χ2n) is 3.75. The lowest BCUT2D eigenvalue weighted by Gasteiger charge is -2.15. The Kier molecular flexibility index (Phi) is 5.21. The molecule has 0 saturated carbocycles. The fourth-order valence-electron chi connectivity index (χ4n) is 1.12. The van der Waals surface area contributed by atoms with Crippen LogP contribution in [0.5, 0.6) is 0 Å². The first-order chi connectivity index (χ1) is 7.99. The highest BCUT2D eigenvalue weighted by atomic mass is 35.5. The van der Waals surface area contributed by atoms with Gasteiger partial charge in [0.2, 0.25) is 0 Å². The maximum atomic E-state index is 11.4. The molecule has 1 rings (SSSR count). The molecule has 17 heavy (non-hydrogen) atoms. The average molecular weight is 258 g/mol. The predicted molar refractivity (Wildman–Crippen MR) is 68.1 cm³/mol. The molecule has 2 amide bonds. The van der Waals surface area contributed by atoms with Gasteiger partial charge in [0, 0.05) is 23.3 Å². The van der Waals surface area contributed by atoms with E-state index in [-0.39, 0.29) is 12.6 Å². The lowest BCUT2D eigenvalue weighted by atomic mass is 10.2. The summed E-state index contributed by atoms with van der Waals surface area (Å²) >= 11 is 5.77. The third kappa shape index (κ3) is 5.04. The standard InChI is InChI=1S/C11H16ClN3O2/c1-7(16)10(13)6-14-11(17)15-9-4-2-3-8(12)5-9/h2-5,7,10,16H,6,13H2,1H3,(H2,14,15,17). The van der Waals surface area contributed by atoms with E-state index in [0.29, 0.717) is 10.7 Å². The van der Waals surface area contributed by atoms with Crippen LogP contribution in [0.4, 0.5) is 10.5 Å². The second-order valence-corrected chi connectivity index (χ2v) is 4.19. The van der Waals surface area contributed by atoms with Crippen LogP contribution in [0.1, 0.15) is 6.92 Å². The van der Waals surface area contributed by atoms with Crippen molar-refractivity contribution >= 4 is 23.3 Å². The quantitative estimate of drug-likeness (QED) is 0.653. The first-order valence-corrected chi connectivity index (χ1v) is 5.61. The smallest absolute Gasteiger partial charge is 0.319 e. The molecule has 5 nitrogen and oxygen atoms in total. The number of nitrogens with one attached hydrogen (secondary N) is 2. The average Bonchev–Trinajstić information content (AvgIpc) is 2.25. The zero-order valence-electron chi connectivity index (χ0n) is 9.48. The molecule has 1 aromatic carbocycles. The van der Waals surface area contributed by atoms with E-state index in [9.17, 15) is 4.79 Å². The molecule has 1 aromatic rings. The van der Waals surface area contributed by atoms with Gasteiger partial charge in [0.15, 0.2) is 0 Å². The molecule has 2 atom stereocenters. The third-order valence-electron chi connectivity index (χ3n) is 2.20. The van der Waals surface area contributed by atoms with Crippen LogP contribution >= 0.6 is 11.6 Å². The maximum Gasteiger partial charge on any atom is 0.319 e. The molecule has 6 heteroatoms. The highest BCUT2D eigenvalue weighted by Gasteiger charge is 2.10. The van der Waals surface area contributed by atoms with E-state index in [2.05, 4.69) is 10.6 Å². The molecule has 94 valence electrons. The Morgan fingerprint density at radius 1 is 1.59 bits per heavy atom. The van der Waals surface area contributed by atoms with E-state index >= 15 is 0 Å². The van der Waals surface area contributed by atoms with Gasteiger partial charge in [-0.05, 0) is 25.1 Å². The zero-order chi connectivity index (χ0) is 12.8. The Morgan fingerprint density at radius 2 is 2.29 bits per heavy atom. The normalized spacial score (nSPS) is 13.9. The van der Waals surface area contributed by atoms with Crippen LogP contribution in [0.25, 0.3) is 0 Å². The van der Waals surface area contributed by atoms with Gasteiger partial charge < -0.3 is 21.5 Å². The minimum absolute atomic E-state index is 0.198. The van der Waals surface area contributed by atoms with E-state index < -0.39 is 12.1 Å². The number of anilines is 1. The number of urea groups is 1. The van der Waals surface area contributed by atoms with Crippen LogP contribution in [-0.2, 0) is 0 Å². The Bertz CT molecular complexity index is 385. The highest BCUT2D eigenvalue weighted by Crippen LogP contribution is 2.14. The summed E-state index contributed by atoms with van der Waals surface area (Å²) in [6.45, 7) is 1.77. The Hall–Kier alpha value is -1.30. The van der Waals surface area contributed by atoms with Gasteiger partial charge in [0.25, 0.3) is 0 Å². The molecule has 0 aliphatic carbocycles. The van der Waals surface area contributed by atoms with Gasteiger partial charge in [-0.1, -0.05) is 17.7 Å². The van der Waals surface area contributed by atoms with Crippen LogP contribution in [0.3, 0.4) is 0 Å². The summed E-state index contributed by atoms with van der Waals surface area (Å²) < 4.78 is 0. The summed E-state index contributed by atoms with van der Waals surface area (Å²) in [6, 6.07) is 5.94. The van der Waals surface area contributed by atoms with Crippen LogP contribution in [-0.4, -0.2) is 29.8 Å². The van der Waals surface area contributed by atoms with Crippen molar-refractivity contribution in [1.82, 2.24) is 5.32 Å². The van der Waals surface area contributed by atoms with Gasteiger partial charge in [0.05, 0.1) is 6.10 Å².